The molecular formula is C18H18N2O2. The topological polar surface area (TPSA) is 51.2 Å². The molecule has 0 unspecified atom stereocenters. The summed E-state index contributed by atoms with van der Waals surface area (Å²) >= 11 is 0. The maximum absolute atomic E-state index is 11.8. The average molecular weight is 294 g/mol. The first-order valence-electron chi connectivity index (χ1n) is 7.01. The van der Waals surface area contributed by atoms with Crippen LogP contribution in [0.3, 0.4) is 0 Å². The van der Waals surface area contributed by atoms with Gasteiger partial charge in [0.1, 0.15) is 12.4 Å². The molecule has 0 aliphatic heterocycles. The smallest absolute Gasteiger partial charge is 0.252 e. The SMILES string of the molecule is Cc1ccc(C(=O)NCC#CCOc2ccc(C)nc2)cc1. The summed E-state index contributed by atoms with van der Waals surface area (Å²) in [6.45, 7) is 4.46. The van der Waals surface area contributed by atoms with E-state index in [0.717, 1.165) is 11.3 Å². The van der Waals surface area contributed by atoms with Crippen molar-refractivity contribution in [3.8, 4) is 17.6 Å². The molecule has 0 aliphatic rings. The van der Waals surface area contributed by atoms with Crippen LogP contribution in [0.15, 0.2) is 42.6 Å². The molecule has 0 bridgehead atoms. The minimum atomic E-state index is -0.127. The van der Waals surface area contributed by atoms with E-state index >= 15 is 0 Å². The van der Waals surface area contributed by atoms with Gasteiger partial charge in [0, 0.05) is 11.3 Å². The molecule has 4 heteroatoms. The number of pyridine rings is 1. The van der Waals surface area contributed by atoms with Crippen LogP contribution in [-0.2, 0) is 0 Å². The third-order valence-electron chi connectivity index (χ3n) is 2.97. The summed E-state index contributed by atoms with van der Waals surface area (Å²) in [5, 5.41) is 2.74. The molecule has 1 amide bonds. The Balaban J connectivity index is 1.71. The number of nitrogens with one attached hydrogen (secondary N) is 1. The first-order valence-corrected chi connectivity index (χ1v) is 7.01. The molecule has 22 heavy (non-hydrogen) atoms. The fraction of sp³-hybridized carbons (Fsp3) is 0.222. The van der Waals surface area contributed by atoms with Crippen LogP contribution in [-0.4, -0.2) is 24.0 Å². The van der Waals surface area contributed by atoms with Gasteiger partial charge in [0.05, 0.1) is 12.7 Å². The number of carbonyl (C=O) groups is 1. The van der Waals surface area contributed by atoms with E-state index in [0.29, 0.717) is 17.9 Å². The van der Waals surface area contributed by atoms with E-state index < -0.39 is 0 Å². The van der Waals surface area contributed by atoms with Crippen molar-refractivity contribution in [2.45, 2.75) is 13.8 Å². The second-order valence-electron chi connectivity index (χ2n) is 4.83. The third kappa shape index (κ3) is 4.95. The Labute approximate surface area is 130 Å². The van der Waals surface area contributed by atoms with Gasteiger partial charge in [-0.2, -0.15) is 0 Å². The predicted octanol–water partition coefficient (Wildman–Crippen LogP) is 2.51. The zero-order chi connectivity index (χ0) is 15.8. The highest BCUT2D eigenvalue weighted by atomic mass is 16.5. The molecule has 0 saturated heterocycles. The van der Waals surface area contributed by atoms with Gasteiger partial charge in [-0.3, -0.25) is 9.78 Å². The van der Waals surface area contributed by atoms with Gasteiger partial charge >= 0.3 is 0 Å². The molecule has 0 saturated carbocycles. The first kappa shape index (κ1) is 15.6. The van der Waals surface area contributed by atoms with Gasteiger partial charge in [-0.15, -0.1) is 0 Å². The summed E-state index contributed by atoms with van der Waals surface area (Å²) in [4.78, 5) is 16.0. The Morgan fingerprint density at radius 2 is 1.91 bits per heavy atom. The number of hydrogen-bond acceptors (Lipinski definition) is 3. The second kappa shape index (κ2) is 7.84. The highest BCUT2D eigenvalue weighted by Gasteiger charge is 2.02. The molecule has 1 heterocycles. The Kier molecular flexibility index (Phi) is 5.56. The van der Waals surface area contributed by atoms with Crippen LogP contribution < -0.4 is 10.1 Å². The molecule has 0 spiro atoms. The summed E-state index contributed by atoms with van der Waals surface area (Å²) in [5.41, 5.74) is 2.70. The lowest BCUT2D eigenvalue weighted by Crippen LogP contribution is -2.23. The standard InChI is InChI=1S/C18H18N2O2/c1-14-5-8-16(9-6-14)18(21)19-11-3-4-12-22-17-10-7-15(2)20-13-17/h5-10,13H,11-12H2,1-2H3,(H,19,21). The van der Waals surface area contributed by atoms with Crippen molar-refractivity contribution >= 4 is 5.91 Å². The van der Waals surface area contributed by atoms with Crippen LogP contribution in [0.2, 0.25) is 0 Å². The van der Waals surface area contributed by atoms with Gasteiger partial charge in [-0.25, -0.2) is 0 Å². The molecule has 112 valence electrons. The average Bonchev–Trinajstić information content (AvgIpc) is 2.53. The molecule has 4 nitrogen and oxygen atoms in total. The summed E-state index contributed by atoms with van der Waals surface area (Å²) in [6.07, 6.45) is 1.66. The number of benzene rings is 1. The molecule has 0 aliphatic carbocycles. The van der Waals surface area contributed by atoms with E-state index in [9.17, 15) is 4.79 Å². The van der Waals surface area contributed by atoms with Crippen LogP contribution in [0.1, 0.15) is 21.6 Å². The first-order chi connectivity index (χ1) is 10.6. The van der Waals surface area contributed by atoms with Crippen LogP contribution in [0.5, 0.6) is 5.75 Å². The van der Waals surface area contributed by atoms with Crippen molar-refractivity contribution in [3.05, 3.63) is 59.4 Å². The fourth-order valence-corrected chi connectivity index (χ4v) is 1.70. The Hall–Kier alpha value is -2.80. The van der Waals surface area contributed by atoms with Crippen molar-refractivity contribution in [2.24, 2.45) is 0 Å². The summed E-state index contributed by atoms with van der Waals surface area (Å²) in [7, 11) is 0. The maximum atomic E-state index is 11.8. The van der Waals surface area contributed by atoms with Crippen molar-refractivity contribution in [1.29, 1.82) is 0 Å². The summed E-state index contributed by atoms with van der Waals surface area (Å²) < 4.78 is 5.42. The molecule has 2 aromatic rings. The molecular weight excluding hydrogens is 276 g/mol. The highest BCUT2D eigenvalue weighted by molar-refractivity contribution is 5.94. The summed E-state index contributed by atoms with van der Waals surface area (Å²) in [6, 6.07) is 11.1. The minimum absolute atomic E-state index is 0.127. The molecule has 0 radical (unpaired) electrons. The van der Waals surface area contributed by atoms with Gasteiger partial charge < -0.3 is 10.1 Å². The number of hydrogen-bond donors (Lipinski definition) is 1. The Bertz CT molecular complexity index is 680. The van der Waals surface area contributed by atoms with Crippen LogP contribution in [0.4, 0.5) is 0 Å². The van der Waals surface area contributed by atoms with Gasteiger partial charge in [0.15, 0.2) is 0 Å². The van der Waals surface area contributed by atoms with Gasteiger partial charge in [0.25, 0.3) is 5.91 Å². The largest absolute Gasteiger partial charge is 0.479 e. The number of aryl methyl sites for hydroxylation is 2. The zero-order valence-electron chi connectivity index (χ0n) is 12.7. The van der Waals surface area contributed by atoms with Crippen LogP contribution >= 0.6 is 0 Å². The predicted molar refractivity (Wildman–Crippen MR) is 85.8 cm³/mol. The van der Waals surface area contributed by atoms with E-state index in [4.69, 9.17) is 4.74 Å². The van der Waals surface area contributed by atoms with E-state index in [1.165, 1.54) is 0 Å². The lowest BCUT2D eigenvalue weighted by Gasteiger charge is -2.02. The monoisotopic (exact) mass is 294 g/mol. The molecule has 0 atom stereocenters. The van der Waals surface area contributed by atoms with Crippen molar-refractivity contribution in [2.75, 3.05) is 13.2 Å². The van der Waals surface area contributed by atoms with Gasteiger partial charge in [-0.1, -0.05) is 29.5 Å². The molecule has 1 aromatic heterocycles. The van der Waals surface area contributed by atoms with Crippen molar-refractivity contribution in [1.82, 2.24) is 10.3 Å². The summed E-state index contributed by atoms with van der Waals surface area (Å²) in [5.74, 6) is 6.26. The Morgan fingerprint density at radius 3 is 2.59 bits per heavy atom. The van der Waals surface area contributed by atoms with Crippen LogP contribution in [0.25, 0.3) is 0 Å². The lowest BCUT2D eigenvalue weighted by atomic mass is 10.1. The highest BCUT2D eigenvalue weighted by Crippen LogP contribution is 2.07. The van der Waals surface area contributed by atoms with E-state index in [2.05, 4.69) is 22.1 Å². The zero-order valence-corrected chi connectivity index (χ0v) is 12.7. The Morgan fingerprint density at radius 1 is 1.14 bits per heavy atom. The number of rotatable bonds is 4. The molecule has 1 N–H and O–H groups in total. The molecule has 0 fully saturated rings. The number of ether oxygens (including phenoxy) is 1. The van der Waals surface area contributed by atoms with Crippen molar-refractivity contribution < 1.29 is 9.53 Å². The van der Waals surface area contributed by atoms with Crippen molar-refractivity contribution in [3.63, 3.8) is 0 Å². The second-order valence-corrected chi connectivity index (χ2v) is 4.83. The van der Waals surface area contributed by atoms with E-state index in [1.54, 1.807) is 18.3 Å². The van der Waals surface area contributed by atoms with Crippen LogP contribution in [0, 0.1) is 25.7 Å². The van der Waals surface area contributed by atoms with Gasteiger partial charge in [0.2, 0.25) is 0 Å². The van der Waals surface area contributed by atoms with Gasteiger partial charge in [-0.05, 0) is 38.1 Å². The fourth-order valence-electron chi connectivity index (χ4n) is 1.70. The maximum Gasteiger partial charge on any atom is 0.252 e. The molecule has 2 rings (SSSR count). The number of aromatic nitrogens is 1. The third-order valence-corrected chi connectivity index (χ3v) is 2.97. The van der Waals surface area contributed by atoms with E-state index in [1.807, 2.05) is 38.1 Å². The lowest BCUT2D eigenvalue weighted by molar-refractivity contribution is 0.0958. The number of amides is 1. The number of carbonyl (C=O) groups excluding carboxylic acids is 1. The quantitative estimate of drug-likeness (QED) is 0.882. The molecule has 1 aromatic carbocycles. The number of nitrogens with zero attached hydrogens (tertiary/aromatic N) is 1. The van der Waals surface area contributed by atoms with E-state index in [-0.39, 0.29) is 12.5 Å². The normalized spacial score (nSPS) is 9.55. The minimum Gasteiger partial charge on any atom is -0.479 e.